The molecule has 5 rings (SSSR count). The Morgan fingerprint density at radius 1 is 1.00 bits per heavy atom. The van der Waals surface area contributed by atoms with Crippen LogP contribution in [0.2, 0.25) is 0 Å². The minimum atomic E-state index is 0.653. The van der Waals surface area contributed by atoms with E-state index in [0.29, 0.717) is 6.04 Å². The van der Waals surface area contributed by atoms with Gasteiger partial charge < -0.3 is 9.88 Å². The van der Waals surface area contributed by atoms with Crippen molar-refractivity contribution in [3.05, 3.63) is 60.3 Å². The molecule has 2 aromatic carbocycles. The third kappa shape index (κ3) is 2.47. The molecule has 0 atom stereocenters. The molecular weight excluding hydrogens is 306 g/mol. The van der Waals surface area contributed by atoms with E-state index in [1.165, 1.54) is 46.1 Å². The zero-order valence-electron chi connectivity index (χ0n) is 14.6. The molecule has 3 nitrogen and oxygen atoms in total. The largest absolute Gasteiger partial charge is 0.370 e. The third-order valence-electron chi connectivity index (χ3n) is 5.21. The van der Waals surface area contributed by atoms with Crippen LogP contribution in [-0.2, 0) is 0 Å². The Kier molecular flexibility index (Phi) is 3.11. The molecule has 3 heteroatoms. The number of para-hydroxylation sites is 1. The monoisotopic (exact) mass is 327 g/mol. The number of anilines is 1. The number of hydrogen-bond acceptors (Lipinski definition) is 2. The van der Waals surface area contributed by atoms with Crippen LogP contribution in [0.5, 0.6) is 0 Å². The zero-order chi connectivity index (χ0) is 17.0. The summed E-state index contributed by atoms with van der Waals surface area (Å²) in [5.74, 6) is 0. The molecule has 4 aromatic rings. The number of aromatic amines is 1. The van der Waals surface area contributed by atoms with Crippen molar-refractivity contribution in [3.63, 3.8) is 0 Å². The predicted octanol–water partition coefficient (Wildman–Crippen LogP) is 5.29. The van der Waals surface area contributed by atoms with Crippen molar-refractivity contribution in [2.45, 2.75) is 25.8 Å². The van der Waals surface area contributed by atoms with Crippen LogP contribution in [0.1, 0.15) is 18.5 Å². The van der Waals surface area contributed by atoms with E-state index in [2.05, 4.69) is 78.5 Å². The van der Waals surface area contributed by atoms with E-state index in [1.54, 1.807) is 0 Å². The second kappa shape index (κ2) is 5.35. The van der Waals surface area contributed by atoms with E-state index in [9.17, 15) is 0 Å². The Bertz CT molecular complexity index is 1090. The molecule has 2 aromatic heterocycles. The van der Waals surface area contributed by atoms with Gasteiger partial charge in [0.1, 0.15) is 0 Å². The van der Waals surface area contributed by atoms with E-state index in [1.807, 2.05) is 0 Å². The molecule has 0 aliphatic heterocycles. The van der Waals surface area contributed by atoms with Gasteiger partial charge in [-0.1, -0.05) is 24.3 Å². The molecule has 1 saturated carbocycles. The normalized spacial score (nSPS) is 14.3. The topological polar surface area (TPSA) is 31.9 Å². The van der Waals surface area contributed by atoms with Gasteiger partial charge in [-0.05, 0) is 50.1 Å². The van der Waals surface area contributed by atoms with Crippen molar-refractivity contribution in [2.24, 2.45) is 0 Å². The molecule has 124 valence electrons. The maximum Gasteiger partial charge on any atom is 0.0943 e. The highest BCUT2D eigenvalue weighted by atomic mass is 15.2. The van der Waals surface area contributed by atoms with Crippen LogP contribution in [0.3, 0.4) is 0 Å². The van der Waals surface area contributed by atoms with Crippen LogP contribution >= 0.6 is 0 Å². The Morgan fingerprint density at radius 2 is 1.84 bits per heavy atom. The summed E-state index contributed by atoms with van der Waals surface area (Å²) in [6.45, 7) is 2.10. The van der Waals surface area contributed by atoms with Gasteiger partial charge >= 0.3 is 0 Å². The molecular formula is C22H21N3. The first-order valence-electron chi connectivity index (χ1n) is 8.91. The summed E-state index contributed by atoms with van der Waals surface area (Å²) in [7, 11) is 2.20. The van der Waals surface area contributed by atoms with Crippen molar-refractivity contribution < 1.29 is 0 Å². The SMILES string of the molecule is Cc1cc2cc(-c3nc4ccccc4cc3N(C)C3CC3)ccc2[nH]1. The molecule has 1 N–H and O–H groups in total. The molecule has 25 heavy (non-hydrogen) atoms. The molecule has 2 heterocycles. The standard InChI is InChI=1S/C22H21N3/c1-14-11-17-12-16(7-10-20(17)23-14)22-21(25(2)18-8-9-18)13-15-5-3-4-6-19(15)24-22/h3-7,10-13,18,23H,8-9H2,1-2H3. The molecule has 0 unspecified atom stereocenters. The number of pyridine rings is 1. The smallest absolute Gasteiger partial charge is 0.0943 e. The van der Waals surface area contributed by atoms with Crippen molar-refractivity contribution in [3.8, 4) is 11.3 Å². The number of rotatable bonds is 3. The van der Waals surface area contributed by atoms with Crippen molar-refractivity contribution >= 4 is 27.5 Å². The van der Waals surface area contributed by atoms with Crippen molar-refractivity contribution in [2.75, 3.05) is 11.9 Å². The summed E-state index contributed by atoms with van der Waals surface area (Å²) in [4.78, 5) is 10.8. The minimum absolute atomic E-state index is 0.653. The first-order chi connectivity index (χ1) is 12.2. The summed E-state index contributed by atoms with van der Waals surface area (Å²) in [6, 6.07) is 20.1. The summed E-state index contributed by atoms with van der Waals surface area (Å²) in [5, 5.41) is 2.44. The number of benzene rings is 2. The maximum atomic E-state index is 5.04. The van der Waals surface area contributed by atoms with Gasteiger partial charge in [-0.15, -0.1) is 0 Å². The van der Waals surface area contributed by atoms with Gasteiger partial charge in [-0.2, -0.15) is 0 Å². The lowest BCUT2D eigenvalue weighted by Crippen LogP contribution is -2.20. The molecule has 0 radical (unpaired) electrons. The molecule has 0 bridgehead atoms. The number of aryl methyl sites for hydroxylation is 1. The maximum absolute atomic E-state index is 5.04. The summed E-state index contributed by atoms with van der Waals surface area (Å²) >= 11 is 0. The summed E-state index contributed by atoms with van der Waals surface area (Å²) < 4.78 is 0. The molecule has 0 saturated heterocycles. The highest BCUT2D eigenvalue weighted by molar-refractivity contribution is 5.92. The van der Waals surface area contributed by atoms with Crippen molar-refractivity contribution in [1.29, 1.82) is 0 Å². The number of hydrogen-bond donors (Lipinski definition) is 1. The molecule has 1 aliphatic carbocycles. The average molecular weight is 327 g/mol. The molecule has 0 spiro atoms. The molecule has 0 amide bonds. The number of H-pyrrole nitrogens is 1. The lowest BCUT2D eigenvalue weighted by Gasteiger charge is -2.22. The average Bonchev–Trinajstić information content (AvgIpc) is 3.40. The Labute approximate surface area is 147 Å². The van der Waals surface area contributed by atoms with E-state index in [-0.39, 0.29) is 0 Å². The van der Waals surface area contributed by atoms with Crippen LogP contribution in [0, 0.1) is 6.92 Å². The van der Waals surface area contributed by atoms with Gasteiger partial charge in [0.25, 0.3) is 0 Å². The van der Waals surface area contributed by atoms with Crippen LogP contribution in [0.25, 0.3) is 33.1 Å². The van der Waals surface area contributed by atoms with Gasteiger partial charge in [-0.25, -0.2) is 4.98 Å². The first-order valence-corrected chi connectivity index (χ1v) is 8.91. The Balaban J connectivity index is 1.75. The van der Waals surface area contributed by atoms with Crippen LogP contribution < -0.4 is 4.90 Å². The fourth-order valence-electron chi connectivity index (χ4n) is 3.67. The predicted molar refractivity (Wildman–Crippen MR) is 105 cm³/mol. The highest BCUT2D eigenvalue weighted by Gasteiger charge is 2.28. The van der Waals surface area contributed by atoms with Crippen LogP contribution in [0.4, 0.5) is 5.69 Å². The lowest BCUT2D eigenvalue weighted by molar-refractivity contribution is 0.916. The number of nitrogens with zero attached hydrogens (tertiary/aromatic N) is 2. The Morgan fingerprint density at radius 3 is 2.68 bits per heavy atom. The van der Waals surface area contributed by atoms with E-state index < -0.39 is 0 Å². The zero-order valence-corrected chi connectivity index (χ0v) is 14.6. The van der Waals surface area contributed by atoms with Crippen molar-refractivity contribution in [1.82, 2.24) is 9.97 Å². The highest BCUT2D eigenvalue weighted by Crippen LogP contribution is 2.38. The molecule has 1 fully saturated rings. The van der Waals surface area contributed by atoms with E-state index in [4.69, 9.17) is 4.98 Å². The van der Waals surface area contributed by atoms with Gasteiger partial charge in [0.15, 0.2) is 0 Å². The van der Waals surface area contributed by atoms with Gasteiger partial charge in [0.05, 0.1) is 16.9 Å². The summed E-state index contributed by atoms with van der Waals surface area (Å²) in [6.07, 6.45) is 2.55. The van der Waals surface area contributed by atoms with Gasteiger partial charge in [0, 0.05) is 40.6 Å². The minimum Gasteiger partial charge on any atom is -0.370 e. The third-order valence-corrected chi connectivity index (χ3v) is 5.21. The second-order valence-electron chi connectivity index (χ2n) is 7.15. The fourth-order valence-corrected chi connectivity index (χ4v) is 3.67. The lowest BCUT2D eigenvalue weighted by atomic mass is 10.0. The molecule has 1 aliphatic rings. The Hall–Kier alpha value is -2.81. The van der Waals surface area contributed by atoms with Crippen LogP contribution in [-0.4, -0.2) is 23.1 Å². The van der Waals surface area contributed by atoms with Gasteiger partial charge in [-0.3, -0.25) is 0 Å². The number of nitrogens with one attached hydrogen (secondary N) is 1. The quantitative estimate of drug-likeness (QED) is 0.554. The second-order valence-corrected chi connectivity index (χ2v) is 7.15. The fraction of sp³-hybridized carbons (Fsp3) is 0.227. The number of fused-ring (bicyclic) bond motifs is 2. The summed E-state index contributed by atoms with van der Waals surface area (Å²) in [5.41, 5.74) is 6.91. The van der Waals surface area contributed by atoms with E-state index >= 15 is 0 Å². The van der Waals surface area contributed by atoms with Gasteiger partial charge in [0.2, 0.25) is 0 Å². The van der Waals surface area contributed by atoms with Crippen LogP contribution in [0.15, 0.2) is 54.6 Å². The first kappa shape index (κ1) is 14.5. The van der Waals surface area contributed by atoms with E-state index in [0.717, 1.165) is 11.2 Å². The number of aromatic nitrogens is 2.